The third-order valence-electron chi connectivity index (χ3n) is 2.76. The molecule has 0 spiro atoms. The average molecular weight is 397 g/mol. The van der Waals surface area contributed by atoms with Gasteiger partial charge < -0.3 is 10.6 Å². The van der Waals surface area contributed by atoms with E-state index in [1.807, 2.05) is 0 Å². The van der Waals surface area contributed by atoms with Gasteiger partial charge in [-0.15, -0.1) is 24.0 Å². The lowest BCUT2D eigenvalue weighted by molar-refractivity contribution is 0.498. The SMILES string of the molecule is CCCCNC(=NC)NCCc1cccc(F)c1F.I. The normalized spacial score (nSPS) is 10.9. The molecule has 0 atom stereocenters. The number of rotatable bonds is 6. The summed E-state index contributed by atoms with van der Waals surface area (Å²) >= 11 is 0. The summed E-state index contributed by atoms with van der Waals surface area (Å²) in [5, 5.41) is 6.23. The predicted molar refractivity (Wildman–Crippen MR) is 89.7 cm³/mol. The number of hydrogen-bond donors (Lipinski definition) is 2. The van der Waals surface area contributed by atoms with Crippen LogP contribution in [0.15, 0.2) is 23.2 Å². The van der Waals surface area contributed by atoms with Crippen LogP contribution >= 0.6 is 24.0 Å². The Labute approximate surface area is 136 Å². The van der Waals surface area contributed by atoms with Crippen LogP contribution in [0.2, 0.25) is 0 Å². The topological polar surface area (TPSA) is 36.4 Å². The molecule has 1 aromatic rings. The molecule has 3 nitrogen and oxygen atoms in total. The Bertz CT molecular complexity index is 425. The summed E-state index contributed by atoms with van der Waals surface area (Å²) in [6.45, 7) is 3.47. The van der Waals surface area contributed by atoms with Crippen LogP contribution < -0.4 is 10.6 Å². The zero-order valence-electron chi connectivity index (χ0n) is 11.9. The van der Waals surface area contributed by atoms with E-state index in [4.69, 9.17) is 0 Å². The van der Waals surface area contributed by atoms with Gasteiger partial charge in [-0.1, -0.05) is 25.5 Å². The van der Waals surface area contributed by atoms with E-state index in [9.17, 15) is 8.78 Å². The molecule has 0 radical (unpaired) electrons. The van der Waals surface area contributed by atoms with Crippen LogP contribution in [0.3, 0.4) is 0 Å². The highest BCUT2D eigenvalue weighted by molar-refractivity contribution is 14.0. The van der Waals surface area contributed by atoms with Crippen LogP contribution in [-0.4, -0.2) is 26.1 Å². The molecule has 6 heteroatoms. The maximum atomic E-state index is 13.4. The Morgan fingerprint density at radius 3 is 2.55 bits per heavy atom. The fourth-order valence-corrected chi connectivity index (χ4v) is 1.66. The molecule has 1 rings (SSSR count). The van der Waals surface area contributed by atoms with Crippen molar-refractivity contribution in [1.82, 2.24) is 10.6 Å². The fraction of sp³-hybridized carbons (Fsp3) is 0.500. The molecule has 1 aromatic carbocycles. The minimum Gasteiger partial charge on any atom is -0.356 e. The highest BCUT2D eigenvalue weighted by atomic mass is 127. The molecule has 0 aliphatic heterocycles. The maximum Gasteiger partial charge on any atom is 0.190 e. The first-order valence-corrected chi connectivity index (χ1v) is 6.56. The van der Waals surface area contributed by atoms with Gasteiger partial charge >= 0.3 is 0 Å². The zero-order valence-corrected chi connectivity index (χ0v) is 14.2. The van der Waals surface area contributed by atoms with E-state index in [2.05, 4.69) is 22.5 Å². The van der Waals surface area contributed by atoms with Gasteiger partial charge in [0.05, 0.1) is 0 Å². The summed E-state index contributed by atoms with van der Waals surface area (Å²) in [5.74, 6) is -0.883. The highest BCUT2D eigenvalue weighted by Gasteiger charge is 2.07. The number of aliphatic imine (C=N–C) groups is 1. The summed E-state index contributed by atoms with van der Waals surface area (Å²) in [5.41, 5.74) is 0.372. The Morgan fingerprint density at radius 2 is 1.90 bits per heavy atom. The molecule has 2 N–H and O–H groups in total. The number of nitrogens with one attached hydrogen (secondary N) is 2. The Morgan fingerprint density at radius 1 is 1.20 bits per heavy atom. The van der Waals surface area contributed by atoms with Crippen LogP contribution in [0, 0.1) is 11.6 Å². The molecule has 0 aliphatic rings. The lowest BCUT2D eigenvalue weighted by Crippen LogP contribution is -2.38. The first kappa shape index (κ1) is 19.1. The molecule has 0 unspecified atom stereocenters. The third kappa shape index (κ3) is 6.49. The van der Waals surface area contributed by atoms with Gasteiger partial charge in [-0.3, -0.25) is 4.99 Å². The van der Waals surface area contributed by atoms with E-state index in [-0.39, 0.29) is 24.0 Å². The van der Waals surface area contributed by atoms with Gasteiger partial charge in [0.25, 0.3) is 0 Å². The van der Waals surface area contributed by atoms with Crippen molar-refractivity contribution >= 4 is 29.9 Å². The van der Waals surface area contributed by atoms with E-state index >= 15 is 0 Å². The first-order chi connectivity index (χ1) is 9.19. The molecule has 0 bridgehead atoms. The summed E-state index contributed by atoms with van der Waals surface area (Å²) < 4.78 is 26.4. The van der Waals surface area contributed by atoms with E-state index in [0.29, 0.717) is 24.5 Å². The summed E-state index contributed by atoms with van der Waals surface area (Å²) in [6, 6.07) is 4.23. The van der Waals surface area contributed by atoms with Crippen molar-refractivity contribution in [2.75, 3.05) is 20.1 Å². The number of hydrogen-bond acceptors (Lipinski definition) is 1. The van der Waals surface area contributed by atoms with Crippen LogP contribution in [0.5, 0.6) is 0 Å². The first-order valence-electron chi connectivity index (χ1n) is 6.56. The number of guanidine groups is 1. The van der Waals surface area contributed by atoms with Gasteiger partial charge in [0.1, 0.15) is 0 Å². The minimum atomic E-state index is -0.803. The van der Waals surface area contributed by atoms with E-state index in [0.717, 1.165) is 25.5 Å². The second kappa shape index (κ2) is 10.8. The van der Waals surface area contributed by atoms with Crippen molar-refractivity contribution in [2.24, 2.45) is 4.99 Å². The third-order valence-corrected chi connectivity index (χ3v) is 2.76. The summed E-state index contributed by atoms with van der Waals surface area (Å²) in [6.07, 6.45) is 2.59. The number of unbranched alkanes of at least 4 members (excludes halogenated alkanes) is 1. The predicted octanol–water partition coefficient (Wildman–Crippen LogP) is 3.09. The van der Waals surface area contributed by atoms with Crippen LogP contribution in [0.1, 0.15) is 25.3 Å². The van der Waals surface area contributed by atoms with Crippen molar-refractivity contribution in [1.29, 1.82) is 0 Å². The molecule has 0 saturated heterocycles. The van der Waals surface area contributed by atoms with Crippen molar-refractivity contribution in [3.63, 3.8) is 0 Å². The summed E-state index contributed by atoms with van der Waals surface area (Å²) in [4.78, 5) is 4.06. The molecule has 0 fully saturated rings. The maximum absolute atomic E-state index is 13.4. The van der Waals surface area contributed by atoms with Gasteiger partial charge in [-0.25, -0.2) is 8.78 Å². The molecular weight excluding hydrogens is 375 g/mol. The van der Waals surface area contributed by atoms with Gasteiger partial charge in [-0.05, 0) is 24.5 Å². The van der Waals surface area contributed by atoms with Crippen LogP contribution in [0.4, 0.5) is 8.78 Å². The summed E-state index contributed by atoms with van der Waals surface area (Å²) in [7, 11) is 1.68. The van der Waals surface area contributed by atoms with Crippen LogP contribution in [0.25, 0.3) is 0 Å². The van der Waals surface area contributed by atoms with Gasteiger partial charge in [0.2, 0.25) is 0 Å². The Kier molecular flexibility index (Phi) is 10.3. The molecule has 0 heterocycles. The molecule has 0 aromatic heterocycles. The standard InChI is InChI=1S/C14H21F2N3.HI/c1-3-4-9-18-14(17-2)19-10-8-11-6-5-7-12(15)13(11)16;/h5-7H,3-4,8-10H2,1-2H3,(H2,17,18,19);1H. The number of benzene rings is 1. The van der Waals surface area contributed by atoms with E-state index in [1.165, 1.54) is 6.07 Å². The minimum absolute atomic E-state index is 0. The number of nitrogens with zero attached hydrogens (tertiary/aromatic N) is 1. The van der Waals surface area contributed by atoms with Crippen molar-refractivity contribution < 1.29 is 8.78 Å². The molecule has 20 heavy (non-hydrogen) atoms. The molecule has 0 amide bonds. The van der Waals surface area contributed by atoms with Gasteiger partial charge in [0, 0.05) is 20.1 Å². The average Bonchev–Trinajstić information content (AvgIpc) is 2.42. The molecule has 0 saturated carbocycles. The van der Waals surface area contributed by atoms with Gasteiger partial charge in [0.15, 0.2) is 17.6 Å². The quantitative estimate of drug-likeness (QED) is 0.335. The second-order valence-electron chi connectivity index (χ2n) is 4.24. The number of halogens is 3. The van der Waals surface area contributed by atoms with Crippen molar-refractivity contribution in [3.05, 3.63) is 35.4 Å². The molecular formula is C14H22F2IN3. The fourth-order valence-electron chi connectivity index (χ4n) is 1.66. The van der Waals surface area contributed by atoms with E-state index in [1.54, 1.807) is 13.1 Å². The Hall–Kier alpha value is -0.920. The zero-order chi connectivity index (χ0) is 14.1. The lowest BCUT2D eigenvalue weighted by Gasteiger charge is -2.11. The lowest BCUT2D eigenvalue weighted by atomic mass is 10.1. The smallest absolute Gasteiger partial charge is 0.190 e. The molecule has 114 valence electrons. The van der Waals surface area contributed by atoms with Gasteiger partial charge in [-0.2, -0.15) is 0 Å². The monoisotopic (exact) mass is 397 g/mol. The van der Waals surface area contributed by atoms with Crippen molar-refractivity contribution in [2.45, 2.75) is 26.2 Å². The molecule has 0 aliphatic carbocycles. The van der Waals surface area contributed by atoms with Crippen molar-refractivity contribution in [3.8, 4) is 0 Å². The second-order valence-corrected chi connectivity index (χ2v) is 4.24. The largest absolute Gasteiger partial charge is 0.356 e. The Balaban J connectivity index is 0.00000361. The van der Waals surface area contributed by atoms with E-state index < -0.39 is 11.6 Å². The highest BCUT2D eigenvalue weighted by Crippen LogP contribution is 2.11. The van der Waals surface area contributed by atoms with Crippen LogP contribution in [-0.2, 0) is 6.42 Å².